The van der Waals surface area contributed by atoms with Gasteiger partial charge in [-0.15, -0.1) is 0 Å². The number of H-pyrrole nitrogens is 1. The Hall–Kier alpha value is -2.28. The average Bonchev–Trinajstić information content (AvgIpc) is 3.11. The zero-order valence-electron chi connectivity index (χ0n) is 14.5. The van der Waals surface area contributed by atoms with Gasteiger partial charge in [-0.2, -0.15) is 0 Å². The lowest BCUT2D eigenvalue weighted by Crippen LogP contribution is -2.01. The number of rotatable bonds is 6. The molecule has 7 heteroatoms. The number of hydrogen-bond donors (Lipinski definition) is 4. The first-order valence-corrected chi connectivity index (χ1v) is 9.35. The van der Waals surface area contributed by atoms with Crippen LogP contribution in [-0.4, -0.2) is 16.2 Å². The zero-order valence-corrected chi connectivity index (χ0v) is 16.1. The van der Waals surface area contributed by atoms with E-state index in [2.05, 4.69) is 51.9 Å². The van der Waals surface area contributed by atoms with Crippen LogP contribution in [0.3, 0.4) is 0 Å². The number of benzene rings is 1. The van der Waals surface area contributed by atoms with Gasteiger partial charge in [-0.1, -0.05) is 48.9 Å². The first kappa shape index (κ1) is 20.0. The summed E-state index contributed by atoms with van der Waals surface area (Å²) in [5.74, 6) is 0.294. The third kappa shape index (κ3) is 6.55. The molecule has 3 rings (SSSR count). The molecule has 5 N–H and O–H groups in total. The maximum Gasteiger partial charge on any atom is 0.133 e. The Morgan fingerprint density at radius 3 is 2.65 bits per heavy atom. The summed E-state index contributed by atoms with van der Waals surface area (Å²) in [5.41, 5.74) is 8.56. The normalized spacial score (nSPS) is 10.1. The lowest BCUT2D eigenvalue weighted by molar-refractivity contribution is 0.975. The highest BCUT2D eigenvalue weighted by Crippen LogP contribution is 2.16. The number of pyridine rings is 1. The van der Waals surface area contributed by atoms with Gasteiger partial charge in [-0.3, -0.25) is 4.72 Å². The van der Waals surface area contributed by atoms with Crippen molar-refractivity contribution in [2.75, 3.05) is 5.73 Å². The third-order valence-electron chi connectivity index (χ3n) is 3.49. The van der Waals surface area contributed by atoms with Crippen molar-refractivity contribution in [1.82, 2.24) is 14.7 Å². The van der Waals surface area contributed by atoms with Crippen molar-refractivity contribution < 1.29 is 0 Å². The Morgan fingerprint density at radius 1 is 1.27 bits per heavy atom. The SMILES string of the molecule is CCc1cc(SNCc2ccccc2)c[nH]1.N=Cc1ccc(Cl)nc1N. The second kappa shape index (κ2) is 10.7. The van der Waals surface area contributed by atoms with Crippen molar-refractivity contribution in [2.24, 2.45) is 0 Å². The summed E-state index contributed by atoms with van der Waals surface area (Å²) in [6, 6.07) is 15.8. The van der Waals surface area contributed by atoms with Crippen LogP contribution in [0.5, 0.6) is 0 Å². The number of nitrogens with one attached hydrogen (secondary N) is 3. The highest BCUT2D eigenvalue weighted by Gasteiger charge is 1.98. The first-order chi connectivity index (χ1) is 12.6. The molecule has 0 aliphatic rings. The number of nitrogens with two attached hydrogens (primary N) is 1. The molecule has 2 heterocycles. The van der Waals surface area contributed by atoms with Gasteiger partial charge in [0.05, 0.1) is 0 Å². The maximum atomic E-state index is 6.87. The molecule has 2 aromatic heterocycles. The molecular weight excluding hydrogens is 366 g/mol. The van der Waals surface area contributed by atoms with Crippen LogP contribution < -0.4 is 10.5 Å². The number of aromatic nitrogens is 2. The fourth-order valence-electron chi connectivity index (χ4n) is 2.06. The molecule has 0 fully saturated rings. The molecule has 0 spiro atoms. The van der Waals surface area contributed by atoms with E-state index in [0.717, 1.165) is 19.2 Å². The molecule has 0 saturated carbocycles. The molecular formula is C19H22ClN5S. The summed E-state index contributed by atoms with van der Waals surface area (Å²) in [7, 11) is 0. The van der Waals surface area contributed by atoms with Crippen LogP contribution in [0.15, 0.2) is 59.6 Å². The minimum Gasteiger partial charge on any atom is -0.383 e. The molecule has 136 valence electrons. The monoisotopic (exact) mass is 387 g/mol. The van der Waals surface area contributed by atoms with Crippen LogP contribution in [0, 0.1) is 5.41 Å². The summed E-state index contributed by atoms with van der Waals surface area (Å²) in [6.07, 6.45) is 4.24. The van der Waals surface area contributed by atoms with Crippen LogP contribution in [0.1, 0.15) is 23.7 Å². The predicted molar refractivity (Wildman–Crippen MR) is 111 cm³/mol. The summed E-state index contributed by atoms with van der Waals surface area (Å²) in [4.78, 5) is 8.22. The molecule has 0 bridgehead atoms. The second-order valence-corrected chi connectivity index (χ2v) is 6.73. The number of nitrogen functional groups attached to an aromatic ring is 1. The Balaban J connectivity index is 0.000000209. The Kier molecular flexibility index (Phi) is 8.21. The van der Waals surface area contributed by atoms with Gasteiger partial charge in [-0.05, 0) is 42.1 Å². The molecule has 0 amide bonds. The Morgan fingerprint density at radius 2 is 2.04 bits per heavy atom. The van der Waals surface area contributed by atoms with Gasteiger partial charge in [0.15, 0.2) is 0 Å². The van der Waals surface area contributed by atoms with E-state index in [4.69, 9.17) is 22.7 Å². The summed E-state index contributed by atoms with van der Waals surface area (Å²) >= 11 is 7.18. The maximum absolute atomic E-state index is 6.87. The lowest BCUT2D eigenvalue weighted by Gasteiger charge is -2.01. The molecule has 26 heavy (non-hydrogen) atoms. The van der Waals surface area contributed by atoms with Crippen LogP contribution in [0.4, 0.5) is 5.82 Å². The number of aromatic amines is 1. The number of anilines is 1. The van der Waals surface area contributed by atoms with E-state index in [-0.39, 0.29) is 0 Å². The fourth-order valence-corrected chi connectivity index (χ4v) is 2.94. The van der Waals surface area contributed by atoms with Crippen molar-refractivity contribution in [3.8, 4) is 0 Å². The Bertz CT molecular complexity index is 820. The van der Waals surface area contributed by atoms with Gasteiger partial charge < -0.3 is 16.1 Å². The van der Waals surface area contributed by atoms with Crippen LogP contribution in [0.25, 0.3) is 0 Å². The summed E-state index contributed by atoms with van der Waals surface area (Å²) < 4.78 is 3.35. The molecule has 5 nitrogen and oxygen atoms in total. The van der Waals surface area contributed by atoms with Gasteiger partial charge in [0, 0.05) is 35.1 Å². The molecule has 1 aromatic carbocycles. The molecule has 0 saturated heterocycles. The van der Waals surface area contributed by atoms with Gasteiger partial charge in [0.2, 0.25) is 0 Å². The van der Waals surface area contributed by atoms with E-state index in [1.54, 1.807) is 24.1 Å². The van der Waals surface area contributed by atoms with Crippen LogP contribution in [-0.2, 0) is 13.0 Å². The highest BCUT2D eigenvalue weighted by atomic mass is 35.5. The van der Waals surface area contributed by atoms with Gasteiger partial charge >= 0.3 is 0 Å². The van der Waals surface area contributed by atoms with E-state index >= 15 is 0 Å². The number of hydrogen-bond acceptors (Lipinski definition) is 5. The Labute approximate surface area is 163 Å². The van der Waals surface area contributed by atoms with Gasteiger partial charge in [-0.25, -0.2) is 4.98 Å². The van der Waals surface area contributed by atoms with Gasteiger partial charge in [0.1, 0.15) is 11.0 Å². The van der Waals surface area contributed by atoms with Crippen molar-refractivity contribution in [1.29, 1.82) is 5.41 Å². The molecule has 0 unspecified atom stereocenters. The smallest absolute Gasteiger partial charge is 0.133 e. The number of aryl methyl sites for hydroxylation is 1. The average molecular weight is 388 g/mol. The second-order valence-electron chi connectivity index (χ2n) is 5.38. The summed E-state index contributed by atoms with van der Waals surface area (Å²) in [5, 5.41) is 7.22. The summed E-state index contributed by atoms with van der Waals surface area (Å²) in [6.45, 7) is 3.04. The predicted octanol–water partition coefficient (Wildman–Crippen LogP) is 4.69. The van der Waals surface area contributed by atoms with Crippen molar-refractivity contribution in [3.05, 3.63) is 76.7 Å². The quantitative estimate of drug-likeness (QED) is 0.280. The molecule has 3 aromatic rings. The molecule has 0 aliphatic carbocycles. The number of halogens is 1. The van der Waals surface area contributed by atoms with Crippen molar-refractivity contribution in [2.45, 2.75) is 24.8 Å². The third-order valence-corrected chi connectivity index (χ3v) is 4.46. The lowest BCUT2D eigenvalue weighted by atomic mass is 10.2. The van der Waals surface area contributed by atoms with E-state index in [1.807, 2.05) is 12.3 Å². The fraction of sp³-hybridized carbons (Fsp3) is 0.158. The van der Waals surface area contributed by atoms with Gasteiger partial charge in [0.25, 0.3) is 0 Å². The van der Waals surface area contributed by atoms with E-state index in [0.29, 0.717) is 16.5 Å². The van der Waals surface area contributed by atoms with Crippen molar-refractivity contribution in [3.63, 3.8) is 0 Å². The minimum atomic E-state index is 0.294. The van der Waals surface area contributed by atoms with E-state index < -0.39 is 0 Å². The van der Waals surface area contributed by atoms with E-state index in [1.165, 1.54) is 16.2 Å². The molecule has 0 aliphatic heterocycles. The van der Waals surface area contributed by atoms with Crippen molar-refractivity contribution >= 4 is 35.6 Å². The number of nitrogens with zero attached hydrogens (tertiary/aromatic N) is 1. The standard InChI is InChI=1S/C13H16N2S.C6H6ClN3/c1-2-12-8-13(10-14-12)16-15-9-11-6-4-3-5-7-11;7-5-2-1-4(3-8)6(9)10-5/h3-8,10,14-15H,2,9H2,1H3;1-3,8H,(H2,9,10). The minimum absolute atomic E-state index is 0.294. The largest absolute Gasteiger partial charge is 0.383 e. The van der Waals surface area contributed by atoms with E-state index in [9.17, 15) is 0 Å². The van der Waals surface area contributed by atoms with Crippen LogP contribution in [0.2, 0.25) is 5.15 Å². The zero-order chi connectivity index (χ0) is 18.8. The molecule has 0 radical (unpaired) electrons. The molecule has 0 atom stereocenters. The highest BCUT2D eigenvalue weighted by molar-refractivity contribution is 7.97. The topological polar surface area (TPSA) is 90.6 Å². The van der Waals surface area contributed by atoms with Crippen LogP contribution >= 0.6 is 23.5 Å². The first-order valence-electron chi connectivity index (χ1n) is 8.15.